The maximum atomic E-state index is 13.1. The molecule has 3 aromatic carbocycles. The van der Waals surface area contributed by atoms with Gasteiger partial charge in [-0.2, -0.15) is 5.10 Å². The summed E-state index contributed by atoms with van der Waals surface area (Å²) >= 11 is 0. The van der Waals surface area contributed by atoms with E-state index >= 15 is 0 Å². The van der Waals surface area contributed by atoms with Crippen LogP contribution < -0.4 is 14.8 Å². The van der Waals surface area contributed by atoms with Crippen LogP contribution in [0.3, 0.4) is 0 Å². The van der Waals surface area contributed by atoms with Crippen molar-refractivity contribution in [1.82, 2.24) is 9.78 Å². The molecule has 6 heteroatoms. The molecule has 0 unspecified atom stereocenters. The van der Waals surface area contributed by atoms with E-state index in [2.05, 4.69) is 5.32 Å². The number of benzene rings is 3. The van der Waals surface area contributed by atoms with Gasteiger partial charge < -0.3 is 14.8 Å². The van der Waals surface area contributed by atoms with Crippen LogP contribution >= 0.6 is 0 Å². The zero-order valence-electron chi connectivity index (χ0n) is 16.7. The number of ether oxygens (including phenoxy) is 2. The minimum atomic E-state index is -0.250. The minimum absolute atomic E-state index is 0.250. The summed E-state index contributed by atoms with van der Waals surface area (Å²) in [5.41, 5.74) is 3.37. The van der Waals surface area contributed by atoms with Crippen LogP contribution in [-0.4, -0.2) is 29.9 Å². The quantitative estimate of drug-likeness (QED) is 0.505. The van der Waals surface area contributed by atoms with E-state index in [1.807, 2.05) is 54.6 Å². The van der Waals surface area contributed by atoms with Crippen LogP contribution in [0.2, 0.25) is 0 Å². The van der Waals surface area contributed by atoms with Gasteiger partial charge in [0.1, 0.15) is 17.2 Å². The van der Waals surface area contributed by atoms with E-state index in [0.29, 0.717) is 22.7 Å². The number of carbonyl (C=O) groups is 1. The van der Waals surface area contributed by atoms with Gasteiger partial charge in [-0.15, -0.1) is 0 Å². The molecule has 0 radical (unpaired) electrons. The maximum Gasteiger partial charge on any atom is 0.259 e. The first-order chi connectivity index (χ1) is 14.7. The fourth-order valence-electron chi connectivity index (χ4n) is 3.11. The van der Waals surface area contributed by atoms with Crippen molar-refractivity contribution in [1.29, 1.82) is 0 Å². The molecule has 4 rings (SSSR count). The number of para-hydroxylation sites is 1. The highest BCUT2D eigenvalue weighted by Gasteiger charge is 2.19. The number of rotatable bonds is 6. The number of nitrogens with zero attached hydrogens (tertiary/aromatic N) is 2. The maximum absolute atomic E-state index is 13.1. The molecule has 0 atom stereocenters. The van der Waals surface area contributed by atoms with E-state index in [9.17, 15) is 4.79 Å². The molecule has 0 aliphatic rings. The van der Waals surface area contributed by atoms with Gasteiger partial charge in [-0.1, -0.05) is 30.3 Å². The molecule has 0 saturated heterocycles. The largest absolute Gasteiger partial charge is 0.497 e. The average molecular weight is 399 g/mol. The van der Waals surface area contributed by atoms with Crippen molar-refractivity contribution in [3.05, 3.63) is 90.6 Å². The van der Waals surface area contributed by atoms with E-state index in [0.717, 1.165) is 17.0 Å². The highest BCUT2D eigenvalue weighted by molar-refractivity contribution is 6.08. The van der Waals surface area contributed by atoms with Crippen LogP contribution in [0.15, 0.2) is 85.1 Å². The van der Waals surface area contributed by atoms with E-state index < -0.39 is 0 Å². The van der Waals surface area contributed by atoms with Crippen LogP contribution in [-0.2, 0) is 0 Å². The lowest BCUT2D eigenvalue weighted by Gasteiger charge is -2.07. The third-order valence-electron chi connectivity index (χ3n) is 4.67. The summed E-state index contributed by atoms with van der Waals surface area (Å²) in [6, 6.07) is 24.4. The molecule has 6 nitrogen and oxygen atoms in total. The second-order valence-electron chi connectivity index (χ2n) is 6.59. The van der Waals surface area contributed by atoms with Gasteiger partial charge in [-0.3, -0.25) is 4.79 Å². The highest BCUT2D eigenvalue weighted by atomic mass is 16.5. The molecule has 4 aromatic rings. The predicted octanol–water partition coefficient (Wildman–Crippen LogP) is 4.81. The molecular weight excluding hydrogens is 378 g/mol. The molecule has 0 aliphatic carbocycles. The van der Waals surface area contributed by atoms with Gasteiger partial charge >= 0.3 is 0 Å². The lowest BCUT2D eigenvalue weighted by molar-refractivity contribution is 0.102. The van der Waals surface area contributed by atoms with Crippen LogP contribution in [0.1, 0.15) is 10.4 Å². The molecule has 1 amide bonds. The van der Waals surface area contributed by atoms with Crippen molar-refractivity contribution in [2.45, 2.75) is 0 Å². The fourth-order valence-corrected chi connectivity index (χ4v) is 3.11. The molecule has 150 valence electrons. The Kier molecular flexibility index (Phi) is 5.48. The number of nitrogens with one attached hydrogen (secondary N) is 1. The van der Waals surface area contributed by atoms with Gasteiger partial charge in [0, 0.05) is 17.4 Å². The lowest BCUT2D eigenvalue weighted by Crippen LogP contribution is -2.12. The number of amides is 1. The summed E-state index contributed by atoms with van der Waals surface area (Å²) in [7, 11) is 3.21. The van der Waals surface area contributed by atoms with Gasteiger partial charge in [0.2, 0.25) is 0 Å². The molecule has 0 fully saturated rings. The van der Waals surface area contributed by atoms with Crippen molar-refractivity contribution in [3.8, 4) is 28.4 Å². The van der Waals surface area contributed by atoms with E-state index in [1.165, 1.54) is 0 Å². The Morgan fingerprint density at radius 3 is 2.30 bits per heavy atom. The topological polar surface area (TPSA) is 65.4 Å². The van der Waals surface area contributed by atoms with Crippen molar-refractivity contribution < 1.29 is 14.3 Å². The third kappa shape index (κ3) is 4.03. The Morgan fingerprint density at radius 1 is 0.867 bits per heavy atom. The summed E-state index contributed by atoms with van der Waals surface area (Å²) in [6.07, 6.45) is 1.74. The summed E-state index contributed by atoms with van der Waals surface area (Å²) in [5.74, 6) is 1.17. The van der Waals surface area contributed by atoms with Gasteiger partial charge in [0.15, 0.2) is 0 Å². The standard InChI is InChI=1S/C24H21N3O3/c1-29-20-13-11-18(12-14-20)25-24(28)22-16-27(19-8-4-3-5-9-19)26-23(22)17-7-6-10-21(15-17)30-2/h3-16H,1-2H3,(H,25,28). The van der Waals surface area contributed by atoms with Crippen molar-refractivity contribution >= 4 is 11.6 Å². The SMILES string of the molecule is COc1ccc(NC(=O)c2cn(-c3ccccc3)nc2-c2cccc(OC)c2)cc1. The second kappa shape index (κ2) is 8.53. The Labute approximate surface area is 174 Å². The first-order valence-electron chi connectivity index (χ1n) is 9.43. The molecule has 1 N–H and O–H groups in total. The summed E-state index contributed by atoms with van der Waals surface area (Å²) in [6.45, 7) is 0. The van der Waals surface area contributed by atoms with Crippen molar-refractivity contribution in [2.75, 3.05) is 19.5 Å². The Morgan fingerprint density at radius 2 is 1.60 bits per heavy atom. The molecule has 30 heavy (non-hydrogen) atoms. The molecule has 1 heterocycles. The number of anilines is 1. The second-order valence-corrected chi connectivity index (χ2v) is 6.59. The van der Waals surface area contributed by atoms with Crippen LogP contribution in [0.25, 0.3) is 16.9 Å². The molecule has 0 saturated carbocycles. The Bertz CT molecular complexity index is 1150. The molecule has 0 aliphatic heterocycles. The first-order valence-corrected chi connectivity index (χ1v) is 9.43. The molecule has 0 spiro atoms. The summed E-state index contributed by atoms with van der Waals surface area (Å²) in [4.78, 5) is 13.1. The van der Waals surface area contributed by atoms with Crippen LogP contribution in [0.4, 0.5) is 5.69 Å². The number of hydrogen-bond donors (Lipinski definition) is 1. The number of methoxy groups -OCH3 is 2. The molecular formula is C24H21N3O3. The van der Waals surface area contributed by atoms with Crippen LogP contribution in [0.5, 0.6) is 11.5 Å². The number of aromatic nitrogens is 2. The normalized spacial score (nSPS) is 10.5. The third-order valence-corrected chi connectivity index (χ3v) is 4.67. The first kappa shape index (κ1) is 19.3. The van der Waals surface area contributed by atoms with Crippen molar-refractivity contribution in [2.24, 2.45) is 0 Å². The van der Waals surface area contributed by atoms with E-state index in [1.54, 1.807) is 49.4 Å². The van der Waals surface area contributed by atoms with Gasteiger partial charge in [-0.25, -0.2) is 4.68 Å². The average Bonchev–Trinajstić information content (AvgIpc) is 3.26. The number of carbonyl (C=O) groups excluding carboxylic acids is 1. The zero-order chi connectivity index (χ0) is 20.9. The molecule has 1 aromatic heterocycles. The van der Waals surface area contributed by atoms with Gasteiger partial charge in [0.05, 0.1) is 25.5 Å². The van der Waals surface area contributed by atoms with Crippen molar-refractivity contribution in [3.63, 3.8) is 0 Å². The fraction of sp³-hybridized carbons (Fsp3) is 0.0833. The van der Waals surface area contributed by atoms with Gasteiger partial charge in [0.25, 0.3) is 5.91 Å². The summed E-state index contributed by atoms with van der Waals surface area (Å²) < 4.78 is 12.2. The van der Waals surface area contributed by atoms with E-state index in [4.69, 9.17) is 14.6 Å². The van der Waals surface area contributed by atoms with E-state index in [-0.39, 0.29) is 5.91 Å². The monoisotopic (exact) mass is 399 g/mol. The molecule has 0 bridgehead atoms. The Balaban J connectivity index is 1.74. The Hall–Kier alpha value is -4.06. The van der Waals surface area contributed by atoms with Gasteiger partial charge in [-0.05, 0) is 48.5 Å². The minimum Gasteiger partial charge on any atom is -0.497 e. The highest BCUT2D eigenvalue weighted by Crippen LogP contribution is 2.28. The predicted molar refractivity (Wildman–Crippen MR) is 116 cm³/mol. The smallest absolute Gasteiger partial charge is 0.259 e. The number of hydrogen-bond acceptors (Lipinski definition) is 4. The lowest BCUT2D eigenvalue weighted by atomic mass is 10.1. The van der Waals surface area contributed by atoms with Crippen LogP contribution in [0, 0.1) is 0 Å². The zero-order valence-corrected chi connectivity index (χ0v) is 16.7. The summed E-state index contributed by atoms with van der Waals surface area (Å²) in [5, 5.41) is 7.63.